The van der Waals surface area contributed by atoms with Crippen LogP contribution in [0, 0.1) is 25.1 Å². The summed E-state index contributed by atoms with van der Waals surface area (Å²) < 4.78 is 13.4. The van der Waals surface area contributed by atoms with Crippen LogP contribution in [0.25, 0.3) is 16.8 Å². The van der Waals surface area contributed by atoms with Crippen molar-refractivity contribution in [2.75, 3.05) is 11.4 Å². The number of nitrogens with one attached hydrogen (secondary N) is 1. The second kappa shape index (κ2) is 7.04. The molecule has 0 spiro atoms. The third kappa shape index (κ3) is 3.19. The molecule has 2 aromatic carbocycles. The molecule has 0 radical (unpaired) electrons. The summed E-state index contributed by atoms with van der Waals surface area (Å²) in [5.41, 5.74) is 5.13. The monoisotopic (exact) mass is 413 g/mol. The van der Waals surface area contributed by atoms with Crippen LogP contribution in [-0.2, 0) is 0 Å². The topological polar surface area (TPSA) is 60.2 Å². The van der Waals surface area contributed by atoms with E-state index in [2.05, 4.69) is 31.0 Å². The zero-order valence-electron chi connectivity index (χ0n) is 15.3. The number of hydrogen-bond acceptors (Lipinski definition) is 4. The van der Waals surface area contributed by atoms with Crippen molar-refractivity contribution in [1.82, 2.24) is 4.98 Å². The van der Waals surface area contributed by atoms with E-state index in [1.165, 1.54) is 40.7 Å². The van der Waals surface area contributed by atoms with Gasteiger partial charge in [0, 0.05) is 16.6 Å². The number of aromatic nitrogens is 1. The first kappa shape index (κ1) is 18.7. The van der Waals surface area contributed by atoms with Gasteiger partial charge in [-0.3, -0.25) is 5.41 Å². The van der Waals surface area contributed by atoms with Crippen LogP contribution in [-0.4, -0.2) is 22.5 Å². The highest BCUT2D eigenvalue weighted by molar-refractivity contribution is 7.11. The molecule has 0 aliphatic carbocycles. The van der Waals surface area contributed by atoms with E-state index in [-0.39, 0.29) is 23.2 Å². The van der Waals surface area contributed by atoms with E-state index in [9.17, 15) is 9.50 Å². The van der Waals surface area contributed by atoms with Crippen molar-refractivity contribution >= 4 is 40.0 Å². The van der Waals surface area contributed by atoms with Crippen LogP contribution in [0.1, 0.15) is 16.1 Å². The molecule has 1 aliphatic heterocycles. The third-order valence-corrected chi connectivity index (χ3v) is 5.99. The Kier molecular flexibility index (Phi) is 4.69. The molecule has 0 amide bonds. The molecule has 4 rings (SSSR count). The van der Waals surface area contributed by atoms with Gasteiger partial charge in [-0.1, -0.05) is 23.7 Å². The van der Waals surface area contributed by atoms with Gasteiger partial charge in [-0.2, -0.15) is 0 Å². The molecule has 0 fully saturated rings. The van der Waals surface area contributed by atoms with Crippen LogP contribution < -0.4 is 4.90 Å². The predicted molar refractivity (Wildman–Crippen MR) is 113 cm³/mol. The summed E-state index contributed by atoms with van der Waals surface area (Å²) in [5, 5.41) is 21.5. The Morgan fingerprint density at radius 2 is 1.96 bits per heavy atom. The van der Waals surface area contributed by atoms with Gasteiger partial charge in [0.05, 0.1) is 22.8 Å². The lowest BCUT2D eigenvalue weighted by molar-refractivity contribution is 0.411. The van der Waals surface area contributed by atoms with Crippen LogP contribution in [0.2, 0.25) is 5.02 Å². The largest absolute Gasteiger partial charge is 0.510 e. The number of rotatable bonds is 3. The summed E-state index contributed by atoms with van der Waals surface area (Å²) in [7, 11) is 0. The lowest BCUT2D eigenvalue weighted by atomic mass is 10.1. The molecule has 4 nitrogen and oxygen atoms in total. The molecule has 0 saturated carbocycles. The first-order chi connectivity index (χ1) is 13.3. The Morgan fingerprint density at radius 3 is 2.68 bits per heavy atom. The molecule has 0 saturated heterocycles. The zero-order valence-corrected chi connectivity index (χ0v) is 16.8. The molecule has 1 aliphatic rings. The Morgan fingerprint density at radius 1 is 1.18 bits per heavy atom. The first-order valence-corrected chi connectivity index (χ1v) is 9.88. The normalized spacial score (nSPS) is 14.3. The van der Waals surface area contributed by atoms with Crippen LogP contribution in [0.4, 0.5) is 10.1 Å². The van der Waals surface area contributed by atoms with E-state index in [4.69, 9.17) is 17.0 Å². The van der Waals surface area contributed by atoms with E-state index < -0.39 is 5.82 Å². The highest BCUT2D eigenvalue weighted by Crippen LogP contribution is 2.35. The Balaban J connectivity index is 1.65. The molecule has 2 N–H and O–H groups in total. The molecule has 0 bridgehead atoms. The fourth-order valence-corrected chi connectivity index (χ4v) is 4.17. The van der Waals surface area contributed by atoms with Crippen molar-refractivity contribution in [2.24, 2.45) is 0 Å². The maximum atomic E-state index is 13.4. The SMILES string of the molecule is Cc1ccc(-c2csc(C3=C(O)CN(c4ccc(F)c(Cl)c4)C3=N)n2)cc1C. The van der Waals surface area contributed by atoms with Crippen molar-refractivity contribution in [2.45, 2.75) is 13.8 Å². The van der Waals surface area contributed by atoms with Gasteiger partial charge in [0.25, 0.3) is 0 Å². The maximum absolute atomic E-state index is 13.4. The van der Waals surface area contributed by atoms with E-state index >= 15 is 0 Å². The molecule has 142 valence electrons. The minimum atomic E-state index is -0.522. The fraction of sp³-hybridized carbons (Fsp3) is 0.143. The van der Waals surface area contributed by atoms with Gasteiger partial charge in [0.1, 0.15) is 22.4 Å². The Labute approximate surface area is 171 Å². The van der Waals surface area contributed by atoms with Gasteiger partial charge in [0.15, 0.2) is 0 Å². The molecular formula is C21H17ClFN3OS. The van der Waals surface area contributed by atoms with Crippen LogP contribution >= 0.6 is 22.9 Å². The number of benzene rings is 2. The summed E-state index contributed by atoms with van der Waals surface area (Å²) >= 11 is 7.25. The van der Waals surface area contributed by atoms with E-state index in [0.29, 0.717) is 16.3 Å². The lowest BCUT2D eigenvalue weighted by Crippen LogP contribution is -2.26. The number of aliphatic hydroxyl groups is 1. The molecule has 1 aromatic heterocycles. The van der Waals surface area contributed by atoms with Crippen molar-refractivity contribution in [3.63, 3.8) is 0 Å². The maximum Gasteiger partial charge on any atom is 0.141 e. The van der Waals surface area contributed by atoms with Crippen molar-refractivity contribution < 1.29 is 9.50 Å². The number of aliphatic hydroxyl groups excluding tert-OH is 1. The number of halogens is 2. The van der Waals surface area contributed by atoms with Gasteiger partial charge in [-0.05, 0) is 49.2 Å². The zero-order chi connectivity index (χ0) is 20.0. The Bertz CT molecular complexity index is 1140. The third-order valence-electron chi connectivity index (χ3n) is 4.84. The first-order valence-electron chi connectivity index (χ1n) is 8.62. The molecule has 0 unspecified atom stereocenters. The fourth-order valence-electron chi connectivity index (χ4n) is 3.10. The molecule has 3 aromatic rings. The highest BCUT2D eigenvalue weighted by atomic mass is 35.5. The minimum Gasteiger partial charge on any atom is -0.510 e. The van der Waals surface area contributed by atoms with E-state index in [1.807, 2.05) is 11.4 Å². The number of anilines is 1. The van der Waals surface area contributed by atoms with Gasteiger partial charge >= 0.3 is 0 Å². The summed E-state index contributed by atoms with van der Waals surface area (Å²) in [5.74, 6) is -0.348. The molecule has 0 atom stereocenters. The second-order valence-corrected chi connectivity index (χ2v) is 7.96. The van der Waals surface area contributed by atoms with E-state index in [0.717, 1.165) is 11.3 Å². The smallest absolute Gasteiger partial charge is 0.141 e. The minimum absolute atomic E-state index is 0.0236. The Hall–Kier alpha value is -2.70. The molecule has 2 heterocycles. The van der Waals surface area contributed by atoms with Crippen molar-refractivity contribution in [3.8, 4) is 11.3 Å². The number of thiazole rings is 1. The predicted octanol–water partition coefficient (Wildman–Crippen LogP) is 5.99. The average Bonchev–Trinajstić information content (AvgIpc) is 3.24. The molecular weight excluding hydrogens is 397 g/mol. The quantitative estimate of drug-likeness (QED) is 0.554. The van der Waals surface area contributed by atoms with Crippen molar-refractivity contribution in [3.05, 3.63) is 74.5 Å². The van der Waals surface area contributed by atoms with Crippen LogP contribution in [0.15, 0.2) is 47.5 Å². The number of aryl methyl sites for hydroxylation is 2. The summed E-state index contributed by atoms with van der Waals surface area (Å²) in [4.78, 5) is 6.22. The van der Waals surface area contributed by atoms with Gasteiger partial charge in [-0.15, -0.1) is 11.3 Å². The van der Waals surface area contributed by atoms with E-state index in [1.54, 1.807) is 4.90 Å². The number of amidine groups is 1. The van der Waals surface area contributed by atoms with Gasteiger partial charge in [-0.25, -0.2) is 9.37 Å². The van der Waals surface area contributed by atoms with Crippen LogP contribution in [0.3, 0.4) is 0 Å². The highest BCUT2D eigenvalue weighted by Gasteiger charge is 2.31. The van der Waals surface area contributed by atoms with Crippen LogP contribution in [0.5, 0.6) is 0 Å². The molecule has 28 heavy (non-hydrogen) atoms. The summed E-state index contributed by atoms with van der Waals surface area (Å²) in [6.07, 6.45) is 0. The molecule has 7 heteroatoms. The summed E-state index contributed by atoms with van der Waals surface area (Å²) in [6, 6.07) is 10.4. The standard InChI is InChI=1S/C21H17ClFN3OS/c1-11-3-4-13(7-12(11)2)17-10-28-21(25-17)19-18(27)9-26(20(19)24)14-5-6-16(23)15(22)8-14/h3-8,10,24,27H,9H2,1-2H3. The van der Waals surface area contributed by atoms with Gasteiger partial charge < -0.3 is 10.0 Å². The number of nitrogens with zero attached hydrogens (tertiary/aromatic N) is 2. The summed E-state index contributed by atoms with van der Waals surface area (Å²) in [6.45, 7) is 4.23. The van der Waals surface area contributed by atoms with Crippen molar-refractivity contribution in [1.29, 1.82) is 5.41 Å². The second-order valence-electron chi connectivity index (χ2n) is 6.69. The van der Waals surface area contributed by atoms with Gasteiger partial charge in [0.2, 0.25) is 0 Å². The lowest BCUT2D eigenvalue weighted by Gasteiger charge is -2.18. The number of hydrogen-bond donors (Lipinski definition) is 2. The average molecular weight is 414 g/mol.